The molecule has 0 aliphatic rings. The number of aliphatic hydroxyl groups is 1. The molecule has 9 heteroatoms. The fourth-order valence-electron chi connectivity index (χ4n) is 2.55. The molecule has 3 aromatic heterocycles. The van der Waals surface area contributed by atoms with Crippen LogP contribution in [0.5, 0.6) is 0 Å². The van der Waals surface area contributed by atoms with Crippen LogP contribution in [0.4, 0.5) is 11.6 Å². The van der Waals surface area contributed by atoms with Gasteiger partial charge in [-0.25, -0.2) is 4.98 Å². The first-order valence-corrected chi connectivity index (χ1v) is 8.03. The van der Waals surface area contributed by atoms with Crippen molar-refractivity contribution in [2.75, 3.05) is 11.9 Å². The van der Waals surface area contributed by atoms with E-state index < -0.39 is 5.97 Å². The van der Waals surface area contributed by atoms with Gasteiger partial charge in [-0.15, -0.1) is 0 Å². The summed E-state index contributed by atoms with van der Waals surface area (Å²) in [6, 6.07) is 1.94. The molecule has 9 nitrogen and oxygen atoms in total. The molecule has 0 fully saturated rings. The van der Waals surface area contributed by atoms with Crippen LogP contribution in [-0.4, -0.2) is 47.1 Å². The molecular weight excluding hydrogens is 324 g/mol. The zero-order valence-electron chi connectivity index (χ0n) is 13.8. The summed E-state index contributed by atoms with van der Waals surface area (Å²) < 4.78 is 3.32. The first-order valence-electron chi connectivity index (χ1n) is 8.03. The fraction of sp³-hybridized carbons (Fsp3) is 0.375. The molecular formula is C16H20N6O3. The van der Waals surface area contributed by atoms with Crippen molar-refractivity contribution in [3.63, 3.8) is 0 Å². The van der Waals surface area contributed by atoms with Gasteiger partial charge in [-0.05, 0) is 18.4 Å². The van der Waals surface area contributed by atoms with Gasteiger partial charge in [0.05, 0.1) is 11.9 Å². The Morgan fingerprint density at radius 2 is 2.24 bits per heavy atom. The summed E-state index contributed by atoms with van der Waals surface area (Å²) in [6.45, 7) is 2.66. The summed E-state index contributed by atoms with van der Waals surface area (Å²) in [6.07, 6.45) is 7.65. The number of carboxylic acids is 1. The summed E-state index contributed by atoms with van der Waals surface area (Å²) in [7, 11) is 0. The smallest absolute Gasteiger partial charge is 0.325 e. The van der Waals surface area contributed by atoms with Gasteiger partial charge in [-0.1, -0.05) is 6.92 Å². The molecule has 3 aromatic rings. The third kappa shape index (κ3) is 3.94. The minimum absolute atomic E-state index is 0.134. The van der Waals surface area contributed by atoms with Crippen LogP contribution in [0.3, 0.4) is 0 Å². The predicted octanol–water partition coefficient (Wildman–Crippen LogP) is 1.47. The maximum absolute atomic E-state index is 10.7. The van der Waals surface area contributed by atoms with E-state index in [4.69, 9.17) is 5.11 Å². The monoisotopic (exact) mass is 344 g/mol. The van der Waals surface area contributed by atoms with Gasteiger partial charge in [0, 0.05) is 37.1 Å². The highest BCUT2D eigenvalue weighted by atomic mass is 16.4. The van der Waals surface area contributed by atoms with Crippen molar-refractivity contribution in [1.82, 2.24) is 24.3 Å². The number of aliphatic hydroxyl groups excluding tert-OH is 1. The minimum Gasteiger partial charge on any atom is -0.480 e. The van der Waals surface area contributed by atoms with E-state index in [-0.39, 0.29) is 19.1 Å². The zero-order chi connectivity index (χ0) is 17.8. The molecule has 3 N–H and O–H groups in total. The van der Waals surface area contributed by atoms with Crippen LogP contribution in [0.1, 0.15) is 13.3 Å². The summed E-state index contributed by atoms with van der Waals surface area (Å²) in [5.74, 6) is -0.380. The van der Waals surface area contributed by atoms with Crippen molar-refractivity contribution in [2.45, 2.75) is 26.4 Å². The average Bonchev–Trinajstić information content (AvgIpc) is 3.19. The van der Waals surface area contributed by atoms with Crippen LogP contribution in [0.25, 0.3) is 11.0 Å². The van der Waals surface area contributed by atoms with Gasteiger partial charge in [-0.3, -0.25) is 9.48 Å². The van der Waals surface area contributed by atoms with Gasteiger partial charge in [0.2, 0.25) is 5.95 Å². The number of fused-ring (bicyclic) bond motifs is 1. The number of rotatable bonds is 8. The maximum atomic E-state index is 10.7. The van der Waals surface area contributed by atoms with Crippen molar-refractivity contribution in [2.24, 2.45) is 5.92 Å². The SMILES string of the molecule is CCC(CO)Cn1ccc2cnc(Nc3cnn(CC(=O)O)c3)nc21. The third-order valence-corrected chi connectivity index (χ3v) is 3.98. The van der Waals surface area contributed by atoms with E-state index in [0.29, 0.717) is 18.2 Å². The Kier molecular flexibility index (Phi) is 4.94. The lowest BCUT2D eigenvalue weighted by atomic mass is 10.1. The van der Waals surface area contributed by atoms with Gasteiger partial charge < -0.3 is 20.1 Å². The number of aliphatic carboxylic acids is 1. The highest BCUT2D eigenvalue weighted by molar-refractivity contribution is 5.76. The molecule has 0 amide bonds. The van der Waals surface area contributed by atoms with Crippen molar-refractivity contribution in [1.29, 1.82) is 0 Å². The summed E-state index contributed by atoms with van der Waals surface area (Å²) >= 11 is 0. The molecule has 3 heterocycles. The van der Waals surface area contributed by atoms with Gasteiger partial charge in [0.15, 0.2) is 0 Å². The fourth-order valence-corrected chi connectivity index (χ4v) is 2.55. The first-order chi connectivity index (χ1) is 12.1. The lowest BCUT2D eigenvalue weighted by Crippen LogP contribution is -2.13. The second-order valence-electron chi connectivity index (χ2n) is 5.84. The molecule has 0 radical (unpaired) electrons. The number of anilines is 2. The second kappa shape index (κ2) is 7.31. The van der Waals surface area contributed by atoms with Crippen LogP contribution < -0.4 is 5.32 Å². The standard InChI is InChI=1S/C16H20N6O3/c1-2-11(10-23)7-21-4-3-12-5-17-16(20-15(12)21)19-13-6-18-22(8-13)9-14(24)25/h3-6,8,11,23H,2,7,9-10H2,1H3,(H,24,25)(H,17,19,20). The Bertz CT molecular complexity index is 868. The molecule has 0 bridgehead atoms. The van der Waals surface area contributed by atoms with Crippen LogP contribution >= 0.6 is 0 Å². The highest BCUT2D eigenvalue weighted by Crippen LogP contribution is 2.19. The average molecular weight is 344 g/mol. The van der Waals surface area contributed by atoms with E-state index in [9.17, 15) is 9.90 Å². The molecule has 0 spiro atoms. The van der Waals surface area contributed by atoms with Crippen LogP contribution in [0.15, 0.2) is 30.9 Å². The molecule has 132 valence electrons. The molecule has 0 aromatic carbocycles. The number of aromatic nitrogens is 5. The van der Waals surface area contributed by atoms with E-state index in [0.717, 1.165) is 17.5 Å². The number of nitrogens with one attached hydrogen (secondary N) is 1. The molecule has 1 atom stereocenters. The normalized spacial score (nSPS) is 12.4. The van der Waals surface area contributed by atoms with E-state index in [1.807, 2.05) is 23.8 Å². The topological polar surface area (TPSA) is 118 Å². The predicted molar refractivity (Wildman–Crippen MR) is 91.5 cm³/mol. The van der Waals surface area contributed by atoms with Crippen LogP contribution in [0.2, 0.25) is 0 Å². The second-order valence-corrected chi connectivity index (χ2v) is 5.84. The van der Waals surface area contributed by atoms with E-state index in [1.54, 1.807) is 12.4 Å². The summed E-state index contributed by atoms with van der Waals surface area (Å²) in [5.41, 5.74) is 1.39. The molecule has 25 heavy (non-hydrogen) atoms. The molecule has 0 saturated heterocycles. The lowest BCUT2D eigenvalue weighted by Gasteiger charge is -2.13. The third-order valence-electron chi connectivity index (χ3n) is 3.98. The van der Waals surface area contributed by atoms with Gasteiger partial charge in [-0.2, -0.15) is 10.1 Å². The van der Waals surface area contributed by atoms with Crippen molar-refractivity contribution >= 4 is 28.6 Å². The summed E-state index contributed by atoms with van der Waals surface area (Å²) in [5, 5.41) is 26.1. The minimum atomic E-state index is -0.959. The quantitative estimate of drug-likeness (QED) is 0.566. The highest BCUT2D eigenvalue weighted by Gasteiger charge is 2.11. The van der Waals surface area contributed by atoms with E-state index >= 15 is 0 Å². The maximum Gasteiger partial charge on any atom is 0.325 e. The van der Waals surface area contributed by atoms with Crippen molar-refractivity contribution in [3.8, 4) is 0 Å². The van der Waals surface area contributed by atoms with E-state index in [2.05, 4.69) is 20.4 Å². The molecule has 0 aliphatic heterocycles. The number of nitrogens with zero attached hydrogens (tertiary/aromatic N) is 5. The van der Waals surface area contributed by atoms with Crippen LogP contribution in [-0.2, 0) is 17.9 Å². The van der Waals surface area contributed by atoms with Gasteiger partial charge in [0.25, 0.3) is 0 Å². The summed E-state index contributed by atoms with van der Waals surface area (Å²) in [4.78, 5) is 19.5. The van der Waals surface area contributed by atoms with Crippen molar-refractivity contribution in [3.05, 3.63) is 30.9 Å². The first kappa shape index (κ1) is 16.9. The van der Waals surface area contributed by atoms with Gasteiger partial charge in [0.1, 0.15) is 12.2 Å². The largest absolute Gasteiger partial charge is 0.480 e. The number of carbonyl (C=O) groups is 1. The molecule has 3 rings (SSSR count). The van der Waals surface area contributed by atoms with E-state index in [1.165, 1.54) is 10.9 Å². The molecule has 1 unspecified atom stereocenters. The molecule has 0 aliphatic carbocycles. The lowest BCUT2D eigenvalue weighted by molar-refractivity contribution is -0.137. The number of hydrogen-bond acceptors (Lipinski definition) is 6. The Labute approximate surface area is 143 Å². The molecule has 0 saturated carbocycles. The van der Waals surface area contributed by atoms with Crippen molar-refractivity contribution < 1.29 is 15.0 Å². The zero-order valence-corrected chi connectivity index (χ0v) is 13.8. The van der Waals surface area contributed by atoms with Gasteiger partial charge >= 0.3 is 5.97 Å². The number of carboxylic acid groups (broad SMARTS) is 1. The Morgan fingerprint density at radius 3 is 2.96 bits per heavy atom. The Morgan fingerprint density at radius 1 is 1.40 bits per heavy atom. The Hall–Kier alpha value is -2.94. The Balaban J connectivity index is 1.80. The van der Waals surface area contributed by atoms with Crippen LogP contribution in [0, 0.1) is 5.92 Å². The number of hydrogen-bond donors (Lipinski definition) is 3.